The Morgan fingerprint density at radius 1 is 1.31 bits per heavy atom. The first kappa shape index (κ1) is 17.5. The van der Waals surface area contributed by atoms with Crippen molar-refractivity contribution in [1.29, 1.82) is 0 Å². The van der Waals surface area contributed by atoms with Crippen LogP contribution in [0.5, 0.6) is 0 Å². The SMILES string of the molecule is Cn1cc(CN2CC[C@@H]3[C@@H](CCC(=O)N3CCN)C2)c2cc(F)ccc21. The summed E-state index contributed by atoms with van der Waals surface area (Å²) in [6, 6.07) is 5.33. The molecule has 2 aromatic rings. The molecule has 2 atom stereocenters. The number of carbonyl (C=O) groups is 1. The number of amides is 1. The Labute approximate surface area is 153 Å². The first-order valence-corrected chi connectivity index (χ1v) is 9.52. The van der Waals surface area contributed by atoms with E-state index in [4.69, 9.17) is 5.73 Å². The quantitative estimate of drug-likeness (QED) is 0.911. The Morgan fingerprint density at radius 3 is 2.96 bits per heavy atom. The van der Waals surface area contributed by atoms with Crippen molar-refractivity contribution < 1.29 is 9.18 Å². The van der Waals surface area contributed by atoms with Crippen LogP contribution < -0.4 is 5.73 Å². The molecule has 140 valence electrons. The molecule has 0 aliphatic carbocycles. The van der Waals surface area contributed by atoms with E-state index in [9.17, 15) is 9.18 Å². The minimum absolute atomic E-state index is 0.188. The van der Waals surface area contributed by atoms with Gasteiger partial charge in [-0.05, 0) is 42.5 Å². The van der Waals surface area contributed by atoms with Crippen LogP contribution in [-0.4, -0.2) is 52.5 Å². The number of carbonyl (C=O) groups excluding carboxylic acids is 1. The first-order valence-electron chi connectivity index (χ1n) is 9.52. The number of rotatable bonds is 4. The van der Waals surface area contributed by atoms with Crippen LogP contribution in [-0.2, 0) is 18.4 Å². The highest BCUT2D eigenvalue weighted by Crippen LogP contribution is 2.32. The first-order chi connectivity index (χ1) is 12.6. The number of nitrogens with two attached hydrogens (primary N) is 1. The number of hydrogen-bond donors (Lipinski definition) is 1. The zero-order valence-electron chi connectivity index (χ0n) is 15.3. The fourth-order valence-corrected chi connectivity index (χ4v) is 4.81. The van der Waals surface area contributed by atoms with Gasteiger partial charge in [-0.25, -0.2) is 4.39 Å². The maximum atomic E-state index is 13.7. The lowest BCUT2D eigenvalue weighted by molar-refractivity contribution is -0.140. The molecule has 6 heteroatoms. The van der Waals surface area contributed by atoms with Crippen LogP contribution in [0.15, 0.2) is 24.4 Å². The standard InChI is InChI=1S/C20H27FN4O/c1-23-11-15(17-10-16(21)3-4-19(17)23)13-24-8-6-18-14(12-24)2-5-20(26)25(18)9-7-22/h3-4,10-11,14,18H,2,5-9,12-13,22H2,1H3/t14-,18+/m0/s1. The van der Waals surface area contributed by atoms with Gasteiger partial charge >= 0.3 is 0 Å². The molecule has 1 amide bonds. The molecule has 1 aromatic heterocycles. The lowest BCUT2D eigenvalue weighted by atomic mass is 9.83. The summed E-state index contributed by atoms with van der Waals surface area (Å²) in [7, 11) is 2.01. The van der Waals surface area contributed by atoms with Crippen LogP contribution in [0, 0.1) is 11.7 Å². The summed E-state index contributed by atoms with van der Waals surface area (Å²) in [5.41, 5.74) is 7.94. The van der Waals surface area contributed by atoms with Crippen LogP contribution in [0.3, 0.4) is 0 Å². The van der Waals surface area contributed by atoms with Crippen molar-refractivity contribution in [1.82, 2.24) is 14.4 Å². The fraction of sp³-hybridized carbons (Fsp3) is 0.550. The van der Waals surface area contributed by atoms with Crippen LogP contribution >= 0.6 is 0 Å². The van der Waals surface area contributed by atoms with Gasteiger partial charge < -0.3 is 15.2 Å². The zero-order chi connectivity index (χ0) is 18.3. The second-order valence-corrected chi connectivity index (χ2v) is 7.69. The Bertz CT molecular complexity index is 817. The van der Waals surface area contributed by atoms with E-state index in [2.05, 4.69) is 15.7 Å². The number of piperidine rings is 2. The second-order valence-electron chi connectivity index (χ2n) is 7.69. The van der Waals surface area contributed by atoms with Crippen molar-refractivity contribution in [3.05, 3.63) is 35.8 Å². The fourth-order valence-electron chi connectivity index (χ4n) is 4.81. The summed E-state index contributed by atoms with van der Waals surface area (Å²) >= 11 is 0. The van der Waals surface area contributed by atoms with Gasteiger partial charge in [-0.15, -0.1) is 0 Å². The number of nitrogens with zero attached hydrogens (tertiary/aromatic N) is 3. The molecule has 0 bridgehead atoms. The Hall–Kier alpha value is -1.92. The highest BCUT2D eigenvalue weighted by molar-refractivity contribution is 5.84. The molecule has 3 heterocycles. The average molecular weight is 358 g/mol. The highest BCUT2D eigenvalue weighted by Gasteiger charge is 2.38. The third-order valence-corrected chi connectivity index (χ3v) is 6.03. The third-order valence-electron chi connectivity index (χ3n) is 6.03. The minimum Gasteiger partial charge on any atom is -0.350 e. The van der Waals surface area contributed by atoms with Gasteiger partial charge in [-0.3, -0.25) is 9.69 Å². The van der Waals surface area contributed by atoms with Crippen LogP contribution in [0.2, 0.25) is 0 Å². The molecule has 26 heavy (non-hydrogen) atoms. The maximum absolute atomic E-state index is 13.7. The molecule has 0 radical (unpaired) electrons. The number of fused-ring (bicyclic) bond motifs is 2. The molecule has 0 spiro atoms. The Kier molecular flexibility index (Phi) is 4.71. The monoisotopic (exact) mass is 358 g/mol. The molecule has 5 nitrogen and oxygen atoms in total. The van der Waals surface area contributed by atoms with Crippen molar-refractivity contribution >= 4 is 16.8 Å². The van der Waals surface area contributed by atoms with Crippen molar-refractivity contribution in [2.24, 2.45) is 18.7 Å². The zero-order valence-corrected chi connectivity index (χ0v) is 15.3. The summed E-state index contributed by atoms with van der Waals surface area (Å²) in [5, 5.41) is 0.998. The number of aryl methyl sites for hydroxylation is 1. The van der Waals surface area contributed by atoms with Crippen molar-refractivity contribution in [3.8, 4) is 0 Å². The van der Waals surface area contributed by atoms with Gasteiger partial charge in [0, 0.05) is 69.3 Å². The molecule has 1 aromatic carbocycles. The highest BCUT2D eigenvalue weighted by atomic mass is 19.1. The molecule has 4 rings (SSSR count). The van der Waals surface area contributed by atoms with Gasteiger partial charge in [-0.2, -0.15) is 0 Å². The maximum Gasteiger partial charge on any atom is 0.222 e. The molecule has 2 N–H and O–H groups in total. The van der Waals surface area contributed by atoms with Gasteiger partial charge in [0.1, 0.15) is 5.82 Å². The largest absolute Gasteiger partial charge is 0.350 e. The van der Waals surface area contributed by atoms with E-state index in [1.165, 1.54) is 11.6 Å². The molecule has 0 unspecified atom stereocenters. The van der Waals surface area contributed by atoms with E-state index in [-0.39, 0.29) is 11.7 Å². The van der Waals surface area contributed by atoms with Crippen molar-refractivity contribution in [2.75, 3.05) is 26.2 Å². The molecule has 2 aliphatic rings. The van der Waals surface area contributed by atoms with E-state index in [1.807, 2.05) is 18.0 Å². The summed E-state index contributed by atoms with van der Waals surface area (Å²) in [6.07, 6.45) is 4.70. The van der Waals surface area contributed by atoms with Crippen molar-refractivity contribution in [3.63, 3.8) is 0 Å². The van der Waals surface area contributed by atoms with E-state index < -0.39 is 0 Å². The number of benzene rings is 1. The number of hydrogen-bond acceptors (Lipinski definition) is 3. The third kappa shape index (κ3) is 3.12. The molecule has 2 saturated heterocycles. The van der Waals surface area contributed by atoms with E-state index in [1.54, 1.807) is 6.07 Å². The lowest BCUT2D eigenvalue weighted by Crippen LogP contribution is -2.56. The smallest absolute Gasteiger partial charge is 0.222 e. The topological polar surface area (TPSA) is 54.5 Å². The number of aromatic nitrogens is 1. The van der Waals surface area contributed by atoms with E-state index >= 15 is 0 Å². The summed E-state index contributed by atoms with van der Waals surface area (Å²) in [5.74, 6) is 0.585. The van der Waals surface area contributed by atoms with E-state index in [0.717, 1.165) is 43.4 Å². The number of halogens is 1. The average Bonchev–Trinajstić information content (AvgIpc) is 2.92. The predicted octanol–water partition coefficient (Wildman–Crippen LogP) is 2.09. The Balaban J connectivity index is 1.50. The molecular formula is C20H27FN4O. The van der Waals surface area contributed by atoms with Gasteiger partial charge in [0.2, 0.25) is 5.91 Å². The lowest BCUT2D eigenvalue weighted by Gasteiger charge is -2.47. The Morgan fingerprint density at radius 2 is 2.15 bits per heavy atom. The summed E-state index contributed by atoms with van der Waals surface area (Å²) < 4.78 is 15.8. The number of likely N-dealkylation sites (tertiary alicyclic amines) is 2. The van der Waals surface area contributed by atoms with Crippen molar-refractivity contribution in [2.45, 2.75) is 31.8 Å². The molecule has 2 aliphatic heterocycles. The van der Waals surface area contributed by atoms with Crippen LogP contribution in [0.25, 0.3) is 10.9 Å². The normalized spacial score (nSPS) is 24.3. The van der Waals surface area contributed by atoms with Gasteiger partial charge in [0.25, 0.3) is 0 Å². The summed E-state index contributed by atoms with van der Waals surface area (Å²) in [6.45, 7) is 3.98. The molecular weight excluding hydrogens is 331 g/mol. The minimum atomic E-state index is -0.188. The molecule has 0 saturated carbocycles. The van der Waals surface area contributed by atoms with Gasteiger partial charge in [0.05, 0.1) is 0 Å². The van der Waals surface area contributed by atoms with E-state index in [0.29, 0.717) is 31.5 Å². The summed E-state index contributed by atoms with van der Waals surface area (Å²) in [4.78, 5) is 16.7. The van der Waals surface area contributed by atoms with Crippen LogP contribution in [0.4, 0.5) is 4.39 Å². The second kappa shape index (κ2) is 7.00. The predicted molar refractivity (Wildman–Crippen MR) is 100 cm³/mol. The van der Waals surface area contributed by atoms with Gasteiger partial charge in [-0.1, -0.05) is 0 Å². The van der Waals surface area contributed by atoms with Gasteiger partial charge in [0.15, 0.2) is 0 Å². The molecule has 2 fully saturated rings. The van der Waals surface area contributed by atoms with Crippen LogP contribution in [0.1, 0.15) is 24.8 Å².